The number of hydrogen-bond donors (Lipinski definition) is 1. The molecule has 2 rings (SSSR count). The maximum atomic E-state index is 6.03. The van der Waals surface area contributed by atoms with Crippen molar-refractivity contribution in [1.82, 2.24) is 10.2 Å². The highest BCUT2D eigenvalue weighted by atomic mass is 32.1. The van der Waals surface area contributed by atoms with Crippen LogP contribution < -0.4 is 10.1 Å². The van der Waals surface area contributed by atoms with Gasteiger partial charge in [0.1, 0.15) is 16.4 Å². The molecular weight excluding hydrogens is 270 g/mol. The average Bonchev–Trinajstić information content (AvgIpc) is 2.72. The minimum absolute atomic E-state index is 0.206. The van der Waals surface area contributed by atoms with Crippen LogP contribution in [0.3, 0.4) is 0 Å². The van der Waals surface area contributed by atoms with E-state index in [1.54, 1.807) is 11.3 Å². The minimum Gasteiger partial charge on any atom is -0.488 e. The Morgan fingerprint density at radius 3 is 2.55 bits per heavy atom. The number of anilines is 1. The number of benzene rings is 1. The van der Waals surface area contributed by atoms with E-state index in [1.807, 2.05) is 6.92 Å². The smallest absolute Gasteiger partial charge is 0.205 e. The van der Waals surface area contributed by atoms with Gasteiger partial charge in [0.05, 0.1) is 0 Å². The lowest BCUT2D eigenvalue weighted by Gasteiger charge is -2.23. The van der Waals surface area contributed by atoms with E-state index in [9.17, 15) is 0 Å². The lowest BCUT2D eigenvalue weighted by atomic mass is 10.1. The Kier molecular flexibility index (Phi) is 4.28. The Bertz CT molecular complexity index is 587. The van der Waals surface area contributed by atoms with Gasteiger partial charge >= 0.3 is 0 Å². The molecule has 0 aliphatic carbocycles. The van der Waals surface area contributed by atoms with E-state index >= 15 is 0 Å². The average molecular weight is 291 g/mol. The van der Waals surface area contributed by atoms with Gasteiger partial charge < -0.3 is 10.1 Å². The molecule has 0 atom stereocenters. The first-order valence-electron chi connectivity index (χ1n) is 6.66. The number of nitrogens with one attached hydrogen (secondary N) is 1. The Labute approximate surface area is 124 Å². The monoisotopic (exact) mass is 291 g/mol. The van der Waals surface area contributed by atoms with Crippen LogP contribution >= 0.6 is 11.3 Å². The molecule has 0 bridgehead atoms. The zero-order chi connectivity index (χ0) is 14.8. The molecule has 20 heavy (non-hydrogen) atoms. The molecular formula is C15H21N3OS. The maximum Gasteiger partial charge on any atom is 0.205 e. The maximum absolute atomic E-state index is 6.03. The highest BCUT2D eigenvalue weighted by Gasteiger charge is 2.15. The fourth-order valence-corrected chi connectivity index (χ4v) is 2.36. The van der Waals surface area contributed by atoms with Crippen LogP contribution in [0.15, 0.2) is 18.2 Å². The third-order valence-corrected chi connectivity index (χ3v) is 3.39. The molecule has 108 valence electrons. The number of rotatable bonds is 4. The highest BCUT2D eigenvalue weighted by Crippen LogP contribution is 2.26. The van der Waals surface area contributed by atoms with Gasteiger partial charge in [-0.2, -0.15) is 0 Å². The van der Waals surface area contributed by atoms with Crippen molar-refractivity contribution in [3.8, 4) is 5.75 Å². The quantitative estimate of drug-likeness (QED) is 0.926. The topological polar surface area (TPSA) is 47.0 Å². The summed E-state index contributed by atoms with van der Waals surface area (Å²) in [6, 6.07) is 6.27. The Morgan fingerprint density at radius 2 is 1.95 bits per heavy atom. The van der Waals surface area contributed by atoms with Crippen LogP contribution in [-0.4, -0.2) is 15.8 Å². The second-order valence-corrected chi connectivity index (χ2v) is 6.99. The van der Waals surface area contributed by atoms with Gasteiger partial charge in [0.25, 0.3) is 0 Å². The van der Waals surface area contributed by atoms with Crippen molar-refractivity contribution in [1.29, 1.82) is 0 Å². The normalized spacial score (nSPS) is 11.4. The van der Waals surface area contributed by atoms with E-state index in [4.69, 9.17) is 4.74 Å². The number of aromatic nitrogens is 2. The van der Waals surface area contributed by atoms with E-state index < -0.39 is 0 Å². The molecule has 1 aromatic carbocycles. The van der Waals surface area contributed by atoms with Gasteiger partial charge in [0.2, 0.25) is 5.13 Å². The van der Waals surface area contributed by atoms with Crippen molar-refractivity contribution in [2.24, 2.45) is 0 Å². The molecule has 0 saturated carbocycles. The first kappa shape index (κ1) is 14.8. The molecule has 5 heteroatoms. The van der Waals surface area contributed by atoms with Crippen molar-refractivity contribution >= 4 is 16.5 Å². The molecule has 4 nitrogen and oxygen atoms in total. The third kappa shape index (κ3) is 4.20. The summed E-state index contributed by atoms with van der Waals surface area (Å²) in [5, 5.41) is 13.2. The first-order chi connectivity index (χ1) is 9.33. The van der Waals surface area contributed by atoms with Crippen molar-refractivity contribution in [3.63, 3.8) is 0 Å². The Balaban J connectivity index is 2.14. The minimum atomic E-state index is -0.206. The zero-order valence-corrected chi connectivity index (χ0v) is 13.5. The molecule has 0 unspecified atom stereocenters. The number of hydrogen-bond acceptors (Lipinski definition) is 5. The van der Waals surface area contributed by atoms with Crippen molar-refractivity contribution in [3.05, 3.63) is 34.3 Å². The molecule has 0 saturated heterocycles. The van der Waals surface area contributed by atoms with Gasteiger partial charge in [-0.3, -0.25) is 0 Å². The molecule has 0 spiro atoms. The summed E-state index contributed by atoms with van der Waals surface area (Å²) in [7, 11) is 0. The van der Waals surface area contributed by atoms with E-state index in [2.05, 4.69) is 61.4 Å². The summed E-state index contributed by atoms with van der Waals surface area (Å²) in [6.45, 7) is 10.9. The second kappa shape index (κ2) is 5.79. The lowest BCUT2D eigenvalue weighted by molar-refractivity contribution is 0.129. The number of aryl methyl sites for hydroxylation is 2. The third-order valence-electron chi connectivity index (χ3n) is 2.59. The highest BCUT2D eigenvalue weighted by molar-refractivity contribution is 7.15. The van der Waals surface area contributed by atoms with Crippen LogP contribution in [0.5, 0.6) is 5.75 Å². The van der Waals surface area contributed by atoms with E-state index in [0.717, 1.165) is 21.5 Å². The Morgan fingerprint density at radius 1 is 1.20 bits per heavy atom. The van der Waals surface area contributed by atoms with Crippen LogP contribution in [-0.2, 0) is 6.54 Å². The molecule has 1 heterocycles. The SMILES string of the molecule is Cc1ccc(CNc2nnc(C)s2)c(OC(C)(C)C)c1. The fraction of sp³-hybridized carbons (Fsp3) is 0.467. The zero-order valence-electron chi connectivity index (χ0n) is 12.7. The summed E-state index contributed by atoms with van der Waals surface area (Å²) in [5.41, 5.74) is 2.11. The van der Waals surface area contributed by atoms with Gasteiger partial charge in [-0.15, -0.1) is 10.2 Å². The molecule has 1 N–H and O–H groups in total. The standard InChI is InChI=1S/C15H21N3OS/c1-10-6-7-12(13(8-10)19-15(3,4)5)9-16-14-18-17-11(2)20-14/h6-8H,9H2,1-5H3,(H,16,18). The van der Waals surface area contributed by atoms with Gasteiger partial charge in [0.15, 0.2) is 0 Å². The van der Waals surface area contributed by atoms with Crippen LogP contribution in [0.4, 0.5) is 5.13 Å². The van der Waals surface area contributed by atoms with Gasteiger partial charge in [-0.05, 0) is 46.2 Å². The molecule has 0 fully saturated rings. The number of nitrogens with zero attached hydrogens (tertiary/aromatic N) is 2. The van der Waals surface area contributed by atoms with Gasteiger partial charge in [-0.25, -0.2) is 0 Å². The van der Waals surface area contributed by atoms with Crippen LogP contribution in [0.2, 0.25) is 0 Å². The summed E-state index contributed by atoms with van der Waals surface area (Å²) in [4.78, 5) is 0. The summed E-state index contributed by atoms with van der Waals surface area (Å²) >= 11 is 1.55. The van der Waals surface area contributed by atoms with Crippen LogP contribution in [0, 0.1) is 13.8 Å². The lowest BCUT2D eigenvalue weighted by Crippen LogP contribution is -2.24. The van der Waals surface area contributed by atoms with Crippen molar-refractivity contribution in [2.75, 3.05) is 5.32 Å². The second-order valence-electron chi connectivity index (χ2n) is 5.81. The fourth-order valence-electron chi connectivity index (χ4n) is 1.77. The van der Waals surface area contributed by atoms with Gasteiger partial charge in [0, 0.05) is 12.1 Å². The summed E-state index contributed by atoms with van der Waals surface area (Å²) in [6.07, 6.45) is 0. The van der Waals surface area contributed by atoms with Gasteiger partial charge in [-0.1, -0.05) is 23.5 Å². The molecule has 0 amide bonds. The van der Waals surface area contributed by atoms with Crippen molar-refractivity contribution in [2.45, 2.75) is 46.8 Å². The molecule has 1 aromatic heterocycles. The first-order valence-corrected chi connectivity index (χ1v) is 7.48. The van der Waals surface area contributed by atoms with E-state index in [1.165, 1.54) is 5.56 Å². The predicted octanol–water partition coefficient (Wildman–Crippen LogP) is 3.94. The predicted molar refractivity (Wildman–Crippen MR) is 83.5 cm³/mol. The number of ether oxygens (including phenoxy) is 1. The molecule has 0 radical (unpaired) electrons. The molecule has 0 aliphatic heterocycles. The molecule has 2 aromatic rings. The van der Waals surface area contributed by atoms with E-state index in [0.29, 0.717) is 6.54 Å². The Hall–Kier alpha value is -1.62. The van der Waals surface area contributed by atoms with Crippen LogP contribution in [0.1, 0.15) is 36.9 Å². The largest absolute Gasteiger partial charge is 0.488 e. The summed E-state index contributed by atoms with van der Waals surface area (Å²) < 4.78 is 6.03. The van der Waals surface area contributed by atoms with E-state index in [-0.39, 0.29) is 5.60 Å². The van der Waals surface area contributed by atoms with Crippen molar-refractivity contribution < 1.29 is 4.74 Å². The summed E-state index contributed by atoms with van der Waals surface area (Å²) in [5.74, 6) is 0.922. The van der Waals surface area contributed by atoms with Crippen LogP contribution in [0.25, 0.3) is 0 Å². The molecule has 0 aliphatic rings.